The maximum atomic E-state index is 11.9. The lowest BCUT2D eigenvalue weighted by Crippen LogP contribution is -2.06. The van der Waals surface area contributed by atoms with Gasteiger partial charge in [-0.3, -0.25) is 4.79 Å². The molecule has 0 aromatic heterocycles. The lowest BCUT2D eigenvalue weighted by Gasteiger charge is -2.12. The number of Topliss-reactive ketones (excluding diaryl/α,β-unsaturated/α-hetero) is 1. The molecule has 0 radical (unpaired) electrons. The first kappa shape index (κ1) is 14.0. The summed E-state index contributed by atoms with van der Waals surface area (Å²) in [5.74, 6) is 1.31. The summed E-state index contributed by atoms with van der Waals surface area (Å²) < 4.78 is 5.57. The molecule has 0 aliphatic carbocycles. The highest BCUT2D eigenvalue weighted by Crippen LogP contribution is 2.23. The van der Waals surface area contributed by atoms with E-state index in [2.05, 4.69) is 6.92 Å². The summed E-state index contributed by atoms with van der Waals surface area (Å²) in [4.78, 5) is 11.9. The fourth-order valence-corrected chi connectivity index (χ4v) is 2.05. The third kappa shape index (κ3) is 3.74. The number of halogens is 1. The van der Waals surface area contributed by atoms with E-state index in [1.54, 1.807) is 0 Å². The second-order valence-corrected chi connectivity index (χ2v) is 4.52. The van der Waals surface area contributed by atoms with Crippen molar-refractivity contribution in [1.82, 2.24) is 0 Å². The zero-order chi connectivity index (χ0) is 12.8. The van der Waals surface area contributed by atoms with E-state index in [4.69, 9.17) is 16.3 Å². The molecule has 0 spiro atoms. The second kappa shape index (κ2) is 6.65. The van der Waals surface area contributed by atoms with Gasteiger partial charge in [-0.15, -0.1) is 11.6 Å². The Morgan fingerprint density at radius 3 is 2.35 bits per heavy atom. The van der Waals surface area contributed by atoms with Crippen LogP contribution in [-0.4, -0.2) is 18.3 Å². The summed E-state index contributed by atoms with van der Waals surface area (Å²) in [5, 5.41) is 0. The first-order valence-electron chi connectivity index (χ1n) is 5.93. The van der Waals surface area contributed by atoms with Crippen molar-refractivity contribution < 1.29 is 9.53 Å². The molecule has 0 bridgehead atoms. The van der Waals surface area contributed by atoms with Crippen molar-refractivity contribution in [2.45, 2.75) is 33.6 Å². The average molecular weight is 255 g/mol. The summed E-state index contributed by atoms with van der Waals surface area (Å²) >= 11 is 5.61. The van der Waals surface area contributed by atoms with Crippen LogP contribution in [0.2, 0.25) is 0 Å². The number of aryl methyl sites for hydroxylation is 2. The first-order chi connectivity index (χ1) is 8.10. The van der Waals surface area contributed by atoms with Gasteiger partial charge in [0, 0.05) is 17.9 Å². The quantitative estimate of drug-likeness (QED) is 0.568. The Kier molecular flexibility index (Phi) is 5.49. The van der Waals surface area contributed by atoms with Gasteiger partial charge in [-0.25, -0.2) is 0 Å². The number of benzene rings is 1. The van der Waals surface area contributed by atoms with Crippen LogP contribution >= 0.6 is 11.6 Å². The molecule has 0 atom stereocenters. The van der Waals surface area contributed by atoms with Crippen LogP contribution in [0.15, 0.2) is 12.1 Å². The van der Waals surface area contributed by atoms with E-state index in [0.717, 1.165) is 28.9 Å². The van der Waals surface area contributed by atoms with Crippen molar-refractivity contribution in [3.8, 4) is 5.75 Å². The summed E-state index contributed by atoms with van der Waals surface area (Å²) in [5.41, 5.74) is 2.71. The lowest BCUT2D eigenvalue weighted by atomic mass is 9.97. The molecule has 1 aromatic rings. The van der Waals surface area contributed by atoms with E-state index in [1.165, 1.54) is 0 Å². The number of hydrogen-bond donors (Lipinski definition) is 0. The number of hydrogen-bond acceptors (Lipinski definition) is 2. The standard InChI is InChI=1S/C14H19ClO2/c1-4-7-17-12-8-10(2)14(11(3)9-12)13(16)5-6-15/h8-9H,4-7H2,1-3H3. The van der Waals surface area contributed by atoms with E-state index >= 15 is 0 Å². The molecule has 94 valence electrons. The van der Waals surface area contributed by atoms with E-state index in [9.17, 15) is 4.79 Å². The van der Waals surface area contributed by atoms with Gasteiger partial charge in [0.2, 0.25) is 0 Å². The van der Waals surface area contributed by atoms with E-state index in [1.807, 2.05) is 26.0 Å². The van der Waals surface area contributed by atoms with Crippen molar-refractivity contribution in [1.29, 1.82) is 0 Å². The molecule has 2 nitrogen and oxygen atoms in total. The Morgan fingerprint density at radius 1 is 1.29 bits per heavy atom. The smallest absolute Gasteiger partial charge is 0.164 e. The van der Waals surface area contributed by atoms with E-state index in [0.29, 0.717) is 18.9 Å². The van der Waals surface area contributed by atoms with E-state index in [-0.39, 0.29) is 5.78 Å². The van der Waals surface area contributed by atoms with Crippen molar-refractivity contribution in [3.63, 3.8) is 0 Å². The molecule has 0 amide bonds. The predicted octanol–water partition coefficient (Wildman–Crippen LogP) is 3.90. The maximum Gasteiger partial charge on any atom is 0.164 e. The zero-order valence-electron chi connectivity index (χ0n) is 10.7. The van der Waals surface area contributed by atoms with Crippen LogP contribution in [0.1, 0.15) is 41.3 Å². The Labute approximate surface area is 108 Å². The number of carbonyl (C=O) groups is 1. The summed E-state index contributed by atoms with van der Waals surface area (Å²) in [6, 6.07) is 3.84. The van der Waals surface area contributed by atoms with Crippen molar-refractivity contribution >= 4 is 17.4 Å². The minimum atomic E-state index is 0.108. The molecule has 0 unspecified atom stereocenters. The van der Waals surface area contributed by atoms with Gasteiger partial charge in [0.15, 0.2) is 5.78 Å². The highest BCUT2D eigenvalue weighted by atomic mass is 35.5. The lowest BCUT2D eigenvalue weighted by molar-refractivity contribution is 0.0988. The van der Waals surface area contributed by atoms with Gasteiger partial charge in [0.1, 0.15) is 5.75 Å². The molecular weight excluding hydrogens is 236 g/mol. The Hall–Kier alpha value is -1.02. The fraction of sp³-hybridized carbons (Fsp3) is 0.500. The Balaban J connectivity index is 2.97. The highest BCUT2D eigenvalue weighted by molar-refractivity contribution is 6.19. The van der Waals surface area contributed by atoms with Crippen LogP contribution in [0.3, 0.4) is 0 Å². The molecule has 3 heteroatoms. The van der Waals surface area contributed by atoms with Gasteiger partial charge in [0.25, 0.3) is 0 Å². The fourth-order valence-electron chi connectivity index (χ4n) is 1.88. The van der Waals surface area contributed by atoms with Gasteiger partial charge in [-0.05, 0) is 43.5 Å². The van der Waals surface area contributed by atoms with Crippen LogP contribution < -0.4 is 4.74 Å². The third-order valence-corrected chi connectivity index (χ3v) is 2.77. The van der Waals surface area contributed by atoms with Gasteiger partial charge >= 0.3 is 0 Å². The molecule has 17 heavy (non-hydrogen) atoms. The van der Waals surface area contributed by atoms with Crippen LogP contribution in [0.5, 0.6) is 5.75 Å². The van der Waals surface area contributed by atoms with Crippen LogP contribution in [-0.2, 0) is 0 Å². The SMILES string of the molecule is CCCOc1cc(C)c(C(=O)CCCl)c(C)c1. The van der Waals surface area contributed by atoms with Gasteiger partial charge in [-0.1, -0.05) is 6.92 Å². The van der Waals surface area contributed by atoms with Gasteiger partial charge in [0.05, 0.1) is 6.61 Å². The molecule has 0 heterocycles. The largest absolute Gasteiger partial charge is 0.494 e. The minimum absolute atomic E-state index is 0.108. The monoisotopic (exact) mass is 254 g/mol. The molecular formula is C14H19ClO2. The topological polar surface area (TPSA) is 26.3 Å². The van der Waals surface area contributed by atoms with Crippen molar-refractivity contribution in [2.75, 3.05) is 12.5 Å². The predicted molar refractivity (Wildman–Crippen MR) is 71.4 cm³/mol. The number of ketones is 1. The Morgan fingerprint density at radius 2 is 1.88 bits per heavy atom. The minimum Gasteiger partial charge on any atom is -0.494 e. The van der Waals surface area contributed by atoms with Crippen molar-refractivity contribution in [2.24, 2.45) is 0 Å². The molecule has 1 aromatic carbocycles. The number of rotatable bonds is 6. The zero-order valence-corrected chi connectivity index (χ0v) is 11.4. The molecule has 0 saturated carbocycles. The first-order valence-corrected chi connectivity index (χ1v) is 6.46. The number of alkyl halides is 1. The second-order valence-electron chi connectivity index (χ2n) is 4.14. The third-order valence-electron chi connectivity index (χ3n) is 2.58. The molecule has 0 aliphatic heterocycles. The molecule has 0 aliphatic rings. The van der Waals surface area contributed by atoms with E-state index < -0.39 is 0 Å². The summed E-state index contributed by atoms with van der Waals surface area (Å²) in [6.45, 7) is 6.65. The van der Waals surface area contributed by atoms with Crippen LogP contribution in [0.4, 0.5) is 0 Å². The van der Waals surface area contributed by atoms with Gasteiger partial charge in [-0.2, -0.15) is 0 Å². The summed E-state index contributed by atoms with van der Waals surface area (Å²) in [7, 11) is 0. The highest BCUT2D eigenvalue weighted by Gasteiger charge is 2.13. The molecule has 0 saturated heterocycles. The number of carbonyl (C=O) groups excluding carboxylic acids is 1. The summed E-state index contributed by atoms with van der Waals surface area (Å²) in [6.07, 6.45) is 1.36. The van der Waals surface area contributed by atoms with Gasteiger partial charge < -0.3 is 4.74 Å². The molecule has 1 rings (SSSR count). The molecule has 0 fully saturated rings. The van der Waals surface area contributed by atoms with Crippen LogP contribution in [0, 0.1) is 13.8 Å². The Bertz CT molecular complexity index is 376. The maximum absolute atomic E-state index is 11.9. The number of ether oxygens (including phenoxy) is 1. The normalized spacial score (nSPS) is 10.4. The van der Waals surface area contributed by atoms with Crippen LogP contribution in [0.25, 0.3) is 0 Å². The van der Waals surface area contributed by atoms with Crippen molar-refractivity contribution in [3.05, 3.63) is 28.8 Å². The average Bonchev–Trinajstić information content (AvgIpc) is 2.25. The molecule has 0 N–H and O–H groups in total.